The third-order valence-corrected chi connectivity index (χ3v) is 4.14. The molecule has 0 bridgehead atoms. The van der Waals surface area contributed by atoms with Crippen LogP contribution in [0.3, 0.4) is 0 Å². The number of carbonyl (C=O) groups excluding carboxylic acids is 1. The molecule has 0 unspecified atom stereocenters. The maximum absolute atomic E-state index is 12.2. The molecule has 0 fully saturated rings. The maximum atomic E-state index is 12.2. The highest BCUT2D eigenvalue weighted by Gasteiger charge is 2.08. The molecule has 6 heteroatoms. The molecule has 0 aliphatic rings. The first-order valence-electron chi connectivity index (χ1n) is 8.73. The topological polar surface area (TPSA) is 76.1 Å². The van der Waals surface area contributed by atoms with Gasteiger partial charge in [-0.15, -0.1) is 10.2 Å². The lowest BCUT2D eigenvalue weighted by atomic mass is 10.1. The summed E-state index contributed by atoms with van der Waals surface area (Å²) in [4.78, 5) is 12.2. The van der Waals surface area contributed by atoms with Crippen LogP contribution in [-0.2, 0) is 6.42 Å². The molecule has 0 aliphatic heterocycles. The Bertz CT molecular complexity index is 910. The molecule has 0 radical (unpaired) electrons. The van der Waals surface area contributed by atoms with Crippen LogP contribution in [0.25, 0.3) is 0 Å². The van der Waals surface area contributed by atoms with E-state index < -0.39 is 0 Å². The Labute approximate surface area is 158 Å². The SMILES string of the molecule is COc1cccc(CCNC(=O)c2ccc(Nc3ccccc3C)nn2)c1. The van der Waals surface area contributed by atoms with Gasteiger partial charge in [0.1, 0.15) is 5.75 Å². The van der Waals surface area contributed by atoms with Crippen molar-refractivity contribution in [1.82, 2.24) is 15.5 Å². The third-order valence-electron chi connectivity index (χ3n) is 4.14. The van der Waals surface area contributed by atoms with Crippen molar-refractivity contribution in [2.75, 3.05) is 19.0 Å². The Balaban J connectivity index is 1.53. The second-order valence-corrected chi connectivity index (χ2v) is 6.10. The number of anilines is 2. The molecular formula is C21H22N4O2. The highest BCUT2D eigenvalue weighted by Crippen LogP contribution is 2.18. The van der Waals surface area contributed by atoms with Gasteiger partial charge in [0.05, 0.1) is 7.11 Å². The number of aryl methyl sites for hydroxylation is 1. The van der Waals surface area contributed by atoms with Crippen molar-refractivity contribution in [2.45, 2.75) is 13.3 Å². The van der Waals surface area contributed by atoms with Crippen molar-refractivity contribution in [3.05, 3.63) is 77.5 Å². The molecule has 1 heterocycles. The van der Waals surface area contributed by atoms with Crippen LogP contribution in [0.5, 0.6) is 5.75 Å². The highest BCUT2D eigenvalue weighted by molar-refractivity contribution is 5.92. The average Bonchev–Trinajstić information content (AvgIpc) is 2.70. The smallest absolute Gasteiger partial charge is 0.271 e. The standard InChI is InChI=1S/C21H22N4O2/c1-15-6-3-4-9-18(15)23-20-11-10-19(24-25-20)21(26)22-13-12-16-7-5-8-17(14-16)27-2/h3-11,14H,12-13H2,1-2H3,(H,22,26)(H,23,25). The van der Waals surface area contributed by atoms with Crippen LogP contribution >= 0.6 is 0 Å². The Morgan fingerprint density at radius 1 is 1.04 bits per heavy atom. The van der Waals surface area contributed by atoms with E-state index in [4.69, 9.17) is 4.74 Å². The summed E-state index contributed by atoms with van der Waals surface area (Å²) in [5, 5.41) is 14.2. The van der Waals surface area contributed by atoms with Gasteiger partial charge in [-0.2, -0.15) is 0 Å². The van der Waals surface area contributed by atoms with Crippen LogP contribution in [0.2, 0.25) is 0 Å². The lowest BCUT2D eigenvalue weighted by Crippen LogP contribution is -2.26. The van der Waals surface area contributed by atoms with E-state index in [1.165, 1.54) is 0 Å². The second kappa shape index (κ2) is 8.80. The Morgan fingerprint density at radius 2 is 1.89 bits per heavy atom. The van der Waals surface area contributed by atoms with Crippen LogP contribution in [-0.4, -0.2) is 29.8 Å². The fourth-order valence-electron chi connectivity index (χ4n) is 2.61. The second-order valence-electron chi connectivity index (χ2n) is 6.10. The van der Waals surface area contributed by atoms with Crippen molar-refractivity contribution < 1.29 is 9.53 Å². The van der Waals surface area contributed by atoms with E-state index in [1.54, 1.807) is 19.2 Å². The zero-order chi connectivity index (χ0) is 19.1. The zero-order valence-electron chi connectivity index (χ0n) is 15.4. The fraction of sp³-hybridized carbons (Fsp3) is 0.190. The van der Waals surface area contributed by atoms with E-state index >= 15 is 0 Å². The van der Waals surface area contributed by atoms with Gasteiger partial charge >= 0.3 is 0 Å². The molecule has 1 amide bonds. The van der Waals surface area contributed by atoms with Crippen LogP contribution in [0.15, 0.2) is 60.7 Å². The molecule has 27 heavy (non-hydrogen) atoms. The molecule has 6 nitrogen and oxygen atoms in total. The number of methoxy groups -OCH3 is 1. The molecular weight excluding hydrogens is 340 g/mol. The van der Waals surface area contributed by atoms with E-state index in [-0.39, 0.29) is 11.6 Å². The number of para-hydroxylation sites is 1. The molecule has 0 saturated carbocycles. The summed E-state index contributed by atoms with van der Waals surface area (Å²) in [5.41, 5.74) is 3.45. The summed E-state index contributed by atoms with van der Waals surface area (Å²) in [6.45, 7) is 2.52. The lowest BCUT2D eigenvalue weighted by molar-refractivity contribution is 0.0948. The number of hydrogen-bond donors (Lipinski definition) is 2. The molecule has 0 atom stereocenters. The Kier molecular flexibility index (Phi) is 5.99. The molecule has 0 aliphatic carbocycles. The summed E-state index contributed by atoms with van der Waals surface area (Å²) in [5.74, 6) is 1.16. The molecule has 2 aromatic carbocycles. The van der Waals surface area contributed by atoms with E-state index in [1.807, 2.05) is 55.5 Å². The van der Waals surface area contributed by atoms with Crippen LogP contribution in [0, 0.1) is 6.92 Å². The number of rotatable bonds is 7. The number of nitrogens with one attached hydrogen (secondary N) is 2. The molecule has 3 rings (SSSR count). The van der Waals surface area contributed by atoms with Crippen LogP contribution in [0.1, 0.15) is 21.6 Å². The van der Waals surface area contributed by atoms with Gasteiger partial charge in [0.25, 0.3) is 5.91 Å². The summed E-state index contributed by atoms with van der Waals surface area (Å²) in [6, 6.07) is 19.1. The summed E-state index contributed by atoms with van der Waals surface area (Å²) < 4.78 is 5.20. The third kappa shape index (κ3) is 5.04. The quantitative estimate of drug-likeness (QED) is 0.673. The minimum absolute atomic E-state index is 0.243. The predicted octanol–water partition coefficient (Wildman–Crippen LogP) is 3.51. The first-order chi connectivity index (χ1) is 13.2. The van der Waals surface area contributed by atoms with Crippen LogP contribution in [0.4, 0.5) is 11.5 Å². The first kappa shape index (κ1) is 18.4. The molecule has 0 saturated heterocycles. The van der Waals surface area contributed by atoms with E-state index in [2.05, 4.69) is 20.8 Å². The number of ether oxygens (including phenoxy) is 1. The number of hydrogen-bond acceptors (Lipinski definition) is 5. The molecule has 1 aromatic heterocycles. The molecule has 138 valence electrons. The van der Waals surface area contributed by atoms with E-state index in [0.29, 0.717) is 18.8 Å². The monoisotopic (exact) mass is 362 g/mol. The number of carbonyl (C=O) groups is 1. The van der Waals surface area contributed by atoms with Crippen molar-refractivity contribution >= 4 is 17.4 Å². The zero-order valence-corrected chi connectivity index (χ0v) is 15.4. The van der Waals surface area contributed by atoms with Crippen molar-refractivity contribution in [1.29, 1.82) is 0 Å². The van der Waals surface area contributed by atoms with Gasteiger partial charge in [0.15, 0.2) is 11.5 Å². The van der Waals surface area contributed by atoms with E-state index in [0.717, 1.165) is 22.6 Å². The normalized spacial score (nSPS) is 10.3. The molecule has 0 spiro atoms. The number of aromatic nitrogens is 2. The Morgan fingerprint density at radius 3 is 2.63 bits per heavy atom. The number of nitrogens with zero attached hydrogens (tertiary/aromatic N) is 2. The Hall–Kier alpha value is -3.41. The summed E-state index contributed by atoms with van der Waals surface area (Å²) >= 11 is 0. The van der Waals surface area contributed by atoms with Gasteiger partial charge in [-0.1, -0.05) is 30.3 Å². The van der Waals surface area contributed by atoms with Crippen molar-refractivity contribution in [2.24, 2.45) is 0 Å². The van der Waals surface area contributed by atoms with Gasteiger partial charge in [-0.3, -0.25) is 4.79 Å². The largest absolute Gasteiger partial charge is 0.497 e. The highest BCUT2D eigenvalue weighted by atomic mass is 16.5. The maximum Gasteiger partial charge on any atom is 0.271 e. The minimum atomic E-state index is -0.243. The van der Waals surface area contributed by atoms with Gasteiger partial charge in [0.2, 0.25) is 0 Å². The van der Waals surface area contributed by atoms with Crippen molar-refractivity contribution in [3.63, 3.8) is 0 Å². The van der Waals surface area contributed by atoms with Gasteiger partial charge in [0, 0.05) is 12.2 Å². The lowest BCUT2D eigenvalue weighted by Gasteiger charge is -2.09. The van der Waals surface area contributed by atoms with E-state index in [9.17, 15) is 4.79 Å². The molecule has 3 aromatic rings. The van der Waals surface area contributed by atoms with Gasteiger partial charge in [-0.25, -0.2) is 0 Å². The molecule has 2 N–H and O–H groups in total. The van der Waals surface area contributed by atoms with Crippen LogP contribution < -0.4 is 15.4 Å². The number of benzene rings is 2. The van der Waals surface area contributed by atoms with Crippen molar-refractivity contribution in [3.8, 4) is 5.75 Å². The predicted molar refractivity (Wildman–Crippen MR) is 106 cm³/mol. The summed E-state index contributed by atoms with van der Waals surface area (Å²) in [7, 11) is 1.64. The van der Waals surface area contributed by atoms with Gasteiger partial charge < -0.3 is 15.4 Å². The number of amides is 1. The summed E-state index contributed by atoms with van der Waals surface area (Å²) in [6.07, 6.45) is 0.712. The first-order valence-corrected chi connectivity index (χ1v) is 8.73. The fourth-order valence-corrected chi connectivity index (χ4v) is 2.61. The van der Waals surface area contributed by atoms with Gasteiger partial charge in [-0.05, 0) is 54.8 Å². The average molecular weight is 362 g/mol. The minimum Gasteiger partial charge on any atom is -0.497 e.